The van der Waals surface area contributed by atoms with Gasteiger partial charge in [0.25, 0.3) is 0 Å². The average Bonchev–Trinajstić information content (AvgIpc) is 1.66. The standard InChI is InChI=1S/C7H16N/c1-4-5-6-7-8(2)3/h7H,4-6H2,1-3H3/q+1/i1+1,2+1,4+1/b8-7+. The van der Waals surface area contributed by atoms with Gasteiger partial charge in [-0.2, -0.15) is 0 Å². The van der Waals surface area contributed by atoms with Gasteiger partial charge in [-0.3, -0.25) is 0 Å². The quantitative estimate of drug-likeness (QED) is 0.228. The lowest BCUT2D eigenvalue weighted by Gasteiger charge is -1.85. The van der Waals surface area contributed by atoms with Gasteiger partial charge >= 0.3 is 0 Å². The molecule has 0 aromatic heterocycles. The molecule has 0 amide bonds. The van der Waals surface area contributed by atoms with Crippen LogP contribution in [0, 0.1) is 0 Å². The van der Waals surface area contributed by atoms with Crippen LogP contribution in [0.15, 0.2) is 0 Å². The van der Waals surface area contributed by atoms with Gasteiger partial charge in [-0.1, -0.05) is 13.3 Å². The van der Waals surface area contributed by atoms with Crippen molar-refractivity contribution in [2.75, 3.05) is 14.1 Å². The van der Waals surface area contributed by atoms with E-state index in [1.54, 1.807) is 0 Å². The predicted octanol–water partition coefficient (Wildman–Crippen LogP) is 1.52. The highest BCUT2D eigenvalue weighted by Crippen LogP contribution is 1.88. The Morgan fingerprint density at radius 3 is 2.38 bits per heavy atom. The van der Waals surface area contributed by atoms with E-state index in [-0.39, 0.29) is 0 Å². The highest BCUT2D eigenvalue weighted by molar-refractivity contribution is 5.50. The van der Waals surface area contributed by atoms with Crippen LogP contribution < -0.4 is 0 Å². The molecule has 1 heteroatoms. The lowest BCUT2D eigenvalue weighted by molar-refractivity contribution is -0.460. The molecule has 0 bridgehead atoms. The SMILES string of the molecule is C/[N+]([13CH3])=C/CC[13CH2][13CH3]. The molecule has 0 spiro atoms. The summed E-state index contributed by atoms with van der Waals surface area (Å²) in [5.41, 5.74) is 0. The van der Waals surface area contributed by atoms with Crippen LogP contribution in [0.3, 0.4) is 0 Å². The second-order valence-corrected chi connectivity index (χ2v) is 2.29. The van der Waals surface area contributed by atoms with E-state index in [0.717, 1.165) is 0 Å². The summed E-state index contributed by atoms with van der Waals surface area (Å²) in [5.74, 6) is 0. The number of nitrogens with zero attached hydrogens (tertiary/aromatic N) is 1. The summed E-state index contributed by atoms with van der Waals surface area (Å²) in [7, 11) is 4.13. The molecule has 0 rings (SSSR count). The van der Waals surface area contributed by atoms with Crippen molar-refractivity contribution in [3.63, 3.8) is 0 Å². The number of hydrogen-bond acceptors (Lipinski definition) is 0. The van der Waals surface area contributed by atoms with Gasteiger partial charge in [-0.05, 0) is 6.42 Å². The molecule has 0 unspecified atom stereocenters. The summed E-state index contributed by atoms with van der Waals surface area (Å²) in [6, 6.07) is 0. The Morgan fingerprint density at radius 2 is 2.00 bits per heavy atom. The minimum atomic E-state index is 1.23. The largest absolute Gasteiger partial charge is 0.245 e. The van der Waals surface area contributed by atoms with E-state index in [1.165, 1.54) is 19.3 Å². The van der Waals surface area contributed by atoms with Gasteiger partial charge in [0.1, 0.15) is 20.3 Å². The number of rotatable bonds is 3. The fourth-order valence-electron chi connectivity index (χ4n) is 0.554. The van der Waals surface area contributed by atoms with Crippen LogP contribution in [-0.2, 0) is 0 Å². The third-order valence-corrected chi connectivity index (χ3v) is 1.05. The summed E-state index contributed by atoms with van der Waals surface area (Å²) in [6.45, 7) is 2.21. The molecule has 0 heterocycles. The maximum Gasteiger partial charge on any atom is 0.139 e. The predicted molar refractivity (Wildman–Crippen MR) is 37.7 cm³/mol. The summed E-state index contributed by atoms with van der Waals surface area (Å²) >= 11 is 0. The second-order valence-electron chi connectivity index (χ2n) is 2.29. The minimum absolute atomic E-state index is 1.23. The van der Waals surface area contributed by atoms with Crippen LogP contribution >= 0.6 is 0 Å². The Morgan fingerprint density at radius 1 is 1.38 bits per heavy atom. The first kappa shape index (κ1) is 7.67. The molecule has 0 saturated heterocycles. The van der Waals surface area contributed by atoms with Crippen molar-refractivity contribution in [2.24, 2.45) is 0 Å². The Bertz CT molecular complexity index is 70.5. The zero-order valence-electron chi connectivity index (χ0n) is 6.15. The molecule has 0 aliphatic carbocycles. The molecule has 1 nitrogen and oxygen atoms in total. The topological polar surface area (TPSA) is 3.01 Å². The molecule has 0 radical (unpaired) electrons. The average molecular weight is 117 g/mol. The van der Waals surface area contributed by atoms with Gasteiger partial charge in [0.2, 0.25) is 0 Å². The monoisotopic (exact) mass is 117 g/mol. The molecule has 0 aromatic carbocycles. The third kappa shape index (κ3) is 5.67. The molecular weight excluding hydrogens is 101 g/mol. The van der Waals surface area contributed by atoms with Crippen molar-refractivity contribution in [1.82, 2.24) is 0 Å². The van der Waals surface area contributed by atoms with Crippen LogP contribution in [0.4, 0.5) is 0 Å². The molecule has 0 aliphatic heterocycles. The molecular formula is C7H16N+. The van der Waals surface area contributed by atoms with E-state index < -0.39 is 0 Å². The number of unbranched alkanes of at least 4 members (excludes halogenated alkanes) is 2. The van der Waals surface area contributed by atoms with E-state index in [9.17, 15) is 0 Å². The van der Waals surface area contributed by atoms with Crippen molar-refractivity contribution in [1.29, 1.82) is 0 Å². The fraction of sp³-hybridized carbons (Fsp3) is 0.857. The lowest BCUT2D eigenvalue weighted by atomic mass is 10.4. The van der Waals surface area contributed by atoms with Crippen LogP contribution in [0.5, 0.6) is 0 Å². The molecule has 0 saturated carbocycles. The molecule has 0 N–H and O–H groups in total. The van der Waals surface area contributed by atoms with E-state index in [4.69, 9.17) is 0 Å². The molecule has 0 aromatic rings. The summed E-state index contributed by atoms with van der Waals surface area (Å²) < 4.78 is 2.11. The van der Waals surface area contributed by atoms with Crippen molar-refractivity contribution in [2.45, 2.75) is 26.2 Å². The van der Waals surface area contributed by atoms with Crippen molar-refractivity contribution < 1.29 is 4.58 Å². The van der Waals surface area contributed by atoms with E-state index in [2.05, 4.69) is 31.8 Å². The summed E-state index contributed by atoms with van der Waals surface area (Å²) in [4.78, 5) is 0. The number of hydrogen-bond donors (Lipinski definition) is 0. The van der Waals surface area contributed by atoms with Gasteiger partial charge in [-0.15, -0.1) is 0 Å². The Kier molecular flexibility index (Phi) is 4.62. The zero-order chi connectivity index (χ0) is 6.41. The smallest absolute Gasteiger partial charge is 0.139 e. The summed E-state index contributed by atoms with van der Waals surface area (Å²) in [5, 5.41) is 0. The maximum atomic E-state index is 2.21. The zero-order valence-corrected chi connectivity index (χ0v) is 6.15. The lowest BCUT2D eigenvalue weighted by Crippen LogP contribution is -1.97. The maximum absolute atomic E-state index is 2.21. The van der Waals surface area contributed by atoms with Gasteiger partial charge < -0.3 is 0 Å². The van der Waals surface area contributed by atoms with Gasteiger partial charge in [0.05, 0.1) is 0 Å². The van der Waals surface area contributed by atoms with Crippen LogP contribution in [0.2, 0.25) is 0 Å². The first-order valence-electron chi connectivity index (χ1n) is 3.27. The summed E-state index contributed by atoms with van der Waals surface area (Å²) in [6.07, 6.45) is 6.05. The molecule has 0 fully saturated rings. The highest BCUT2D eigenvalue weighted by atomic mass is 15.0. The Balaban J connectivity index is 3.03. The van der Waals surface area contributed by atoms with Crippen molar-refractivity contribution >= 4 is 6.21 Å². The van der Waals surface area contributed by atoms with Gasteiger partial charge in [0.15, 0.2) is 0 Å². The van der Waals surface area contributed by atoms with Crippen LogP contribution in [-0.4, -0.2) is 24.9 Å². The molecule has 8 heavy (non-hydrogen) atoms. The Labute approximate surface area is 52.0 Å². The van der Waals surface area contributed by atoms with E-state index in [1.807, 2.05) is 0 Å². The first-order valence-corrected chi connectivity index (χ1v) is 3.27. The van der Waals surface area contributed by atoms with E-state index >= 15 is 0 Å². The van der Waals surface area contributed by atoms with E-state index in [0.29, 0.717) is 0 Å². The highest BCUT2D eigenvalue weighted by Gasteiger charge is 1.82. The minimum Gasteiger partial charge on any atom is -0.245 e. The first-order chi connectivity index (χ1) is 3.77. The fourth-order valence-corrected chi connectivity index (χ4v) is 0.554. The van der Waals surface area contributed by atoms with Gasteiger partial charge in [0, 0.05) is 6.42 Å². The van der Waals surface area contributed by atoms with Crippen LogP contribution in [0.25, 0.3) is 0 Å². The third-order valence-electron chi connectivity index (χ3n) is 1.05. The second kappa shape index (κ2) is 4.82. The van der Waals surface area contributed by atoms with Crippen LogP contribution in [0.1, 0.15) is 26.2 Å². The molecule has 48 valence electrons. The molecule has 0 aliphatic rings. The normalized spacial score (nSPS) is 12.1. The molecule has 0 atom stereocenters. The van der Waals surface area contributed by atoms with Gasteiger partial charge in [-0.25, -0.2) is 4.58 Å². The van der Waals surface area contributed by atoms with Crippen molar-refractivity contribution in [3.8, 4) is 0 Å². The van der Waals surface area contributed by atoms with Crippen molar-refractivity contribution in [3.05, 3.63) is 0 Å². The Hall–Kier alpha value is -0.330.